The Hall–Kier alpha value is -0.350. The molecule has 0 bridgehead atoms. The molecule has 0 aromatic carbocycles. The van der Waals surface area contributed by atoms with E-state index in [9.17, 15) is 4.79 Å². The summed E-state index contributed by atoms with van der Waals surface area (Å²) in [6.07, 6.45) is 2.03. The summed E-state index contributed by atoms with van der Waals surface area (Å²) in [5.74, 6) is 0.0817. The molecule has 12 heavy (non-hydrogen) atoms. The van der Waals surface area contributed by atoms with Gasteiger partial charge in [-0.15, -0.1) is 11.3 Å². The quantitative estimate of drug-likeness (QED) is 0.746. The zero-order valence-corrected chi connectivity index (χ0v) is 8.80. The summed E-state index contributed by atoms with van der Waals surface area (Å²) in [7, 11) is 0. The fourth-order valence-electron chi connectivity index (χ4n) is 1.33. The molecule has 0 fully saturated rings. The molecule has 2 heterocycles. The normalized spacial score (nSPS) is 16.6. The molecule has 1 aliphatic rings. The zero-order valence-electron chi connectivity index (χ0n) is 6.39. The third kappa shape index (κ3) is 1.29. The molecule has 1 aromatic heterocycles. The lowest BCUT2D eigenvalue weighted by atomic mass is 10.1. The van der Waals surface area contributed by atoms with Crippen LogP contribution in [0.25, 0.3) is 0 Å². The van der Waals surface area contributed by atoms with Gasteiger partial charge in [0.2, 0.25) is 0 Å². The molecule has 1 aromatic rings. The molecule has 0 unspecified atom stereocenters. The molecule has 0 radical (unpaired) electrons. The highest BCUT2D eigenvalue weighted by molar-refractivity contribution is 9.10. The number of halogens is 1. The monoisotopic (exact) mass is 245 g/mol. The molecule has 64 valence electrons. The SMILES string of the molecule is O=C1NCCCc2c(Br)csc21. The maximum Gasteiger partial charge on any atom is 0.261 e. The van der Waals surface area contributed by atoms with Gasteiger partial charge in [-0.25, -0.2) is 0 Å². The Balaban J connectivity index is 2.47. The van der Waals surface area contributed by atoms with Crippen molar-refractivity contribution in [3.63, 3.8) is 0 Å². The number of rotatable bonds is 0. The van der Waals surface area contributed by atoms with Crippen LogP contribution in [0, 0.1) is 0 Å². The van der Waals surface area contributed by atoms with Gasteiger partial charge in [-0.2, -0.15) is 0 Å². The predicted molar refractivity (Wildman–Crippen MR) is 52.7 cm³/mol. The summed E-state index contributed by atoms with van der Waals surface area (Å²) in [5, 5.41) is 4.85. The smallest absolute Gasteiger partial charge is 0.261 e. The van der Waals surface area contributed by atoms with Gasteiger partial charge in [-0.1, -0.05) is 0 Å². The molecule has 0 aliphatic carbocycles. The van der Waals surface area contributed by atoms with Crippen LogP contribution in [0.3, 0.4) is 0 Å². The molecule has 2 rings (SSSR count). The Labute approximate surface area is 83.1 Å². The van der Waals surface area contributed by atoms with Gasteiger partial charge < -0.3 is 5.32 Å². The van der Waals surface area contributed by atoms with Crippen molar-refractivity contribution in [2.24, 2.45) is 0 Å². The second kappa shape index (κ2) is 3.18. The third-order valence-electron chi connectivity index (χ3n) is 1.94. The first-order chi connectivity index (χ1) is 5.79. The van der Waals surface area contributed by atoms with Gasteiger partial charge in [0, 0.05) is 16.4 Å². The molecular weight excluding hydrogens is 238 g/mol. The lowest BCUT2D eigenvalue weighted by Gasteiger charge is -1.95. The highest BCUT2D eigenvalue weighted by Crippen LogP contribution is 2.29. The lowest BCUT2D eigenvalue weighted by molar-refractivity contribution is 0.0960. The van der Waals surface area contributed by atoms with E-state index in [1.165, 1.54) is 16.9 Å². The van der Waals surface area contributed by atoms with Crippen molar-refractivity contribution in [1.29, 1.82) is 0 Å². The van der Waals surface area contributed by atoms with Gasteiger partial charge >= 0.3 is 0 Å². The van der Waals surface area contributed by atoms with E-state index in [2.05, 4.69) is 21.2 Å². The van der Waals surface area contributed by atoms with Crippen molar-refractivity contribution in [2.75, 3.05) is 6.54 Å². The number of hydrogen-bond acceptors (Lipinski definition) is 2. The second-order valence-electron chi connectivity index (χ2n) is 2.75. The van der Waals surface area contributed by atoms with Gasteiger partial charge in [0.1, 0.15) is 0 Å². The summed E-state index contributed by atoms with van der Waals surface area (Å²) >= 11 is 4.96. The predicted octanol–water partition coefficient (Wildman–Crippen LogP) is 2.19. The van der Waals surface area contributed by atoms with Crippen molar-refractivity contribution >= 4 is 33.2 Å². The zero-order chi connectivity index (χ0) is 8.55. The van der Waals surface area contributed by atoms with E-state index in [1.54, 1.807) is 0 Å². The number of amides is 1. The second-order valence-corrected chi connectivity index (χ2v) is 4.48. The number of thiophene rings is 1. The molecule has 0 saturated carbocycles. The van der Waals surface area contributed by atoms with Crippen molar-refractivity contribution in [3.8, 4) is 0 Å². The Morgan fingerprint density at radius 3 is 3.25 bits per heavy atom. The Bertz CT molecular complexity index is 321. The van der Waals surface area contributed by atoms with Crippen molar-refractivity contribution < 1.29 is 4.79 Å². The minimum atomic E-state index is 0.0817. The van der Waals surface area contributed by atoms with Crippen LogP contribution in [-0.2, 0) is 6.42 Å². The summed E-state index contributed by atoms with van der Waals surface area (Å²) in [5.41, 5.74) is 1.18. The first-order valence-electron chi connectivity index (χ1n) is 3.83. The maximum atomic E-state index is 11.4. The standard InChI is InChI=1S/C8H8BrNOS/c9-6-4-12-7-5(6)2-1-3-10-8(7)11/h4H,1-3H2,(H,10,11). The number of nitrogens with one attached hydrogen (secondary N) is 1. The van der Waals surface area contributed by atoms with Crippen LogP contribution >= 0.6 is 27.3 Å². The molecule has 2 nitrogen and oxygen atoms in total. The van der Waals surface area contributed by atoms with Crippen LogP contribution in [0.1, 0.15) is 21.7 Å². The van der Waals surface area contributed by atoms with Crippen molar-refractivity contribution in [1.82, 2.24) is 5.32 Å². The van der Waals surface area contributed by atoms with Gasteiger partial charge in [-0.3, -0.25) is 4.79 Å². The van der Waals surface area contributed by atoms with Gasteiger partial charge in [-0.05, 0) is 34.3 Å². The molecule has 0 saturated heterocycles. The Morgan fingerprint density at radius 2 is 2.42 bits per heavy atom. The van der Waals surface area contributed by atoms with Gasteiger partial charge in [0.15, 0.2) is 0 Å². The third-order valence-corrected chi connectivity index (χ3v) is 3.97. The maximum absolute atomic E-state index is 11.4. The van der Waals surface area contributed by atoms with Gasteiger partial charge in [0.25, 0.3) is 5.91 Å². The molecule has 1 amide bonds. The molecular formula is C8H8BrNOS. The largest absolute Gasteiger partial charge is 0.351 e. The first kappa shape index (κ1) is 8.26. The highest BCUT2D eigenvalue weighted by atomic mass is 79.9. The van der Waals surface area contributed by atoms with Crippen LogP contribution in [0.4, 0.5) is 0 Å². The summed E-state index contributed by atoms with van der Waals surface area (Å²) in [4.78, 5) is 12.3. The average molecular weight is 246 g/mol. The van der Waals surface area contributed by atoms with Gasteiger partial charge in [0.05, 0.1) is 4.88 Å². The number of carbonyl (C=O) groups is 1. The summed E-state index contributed by atoms with van der Waals surface area (Å²) in [6, 6.07) is 0. The van der Waals surface area contributed by atoms with E-state index >= 15 is 0 Å². The fraction of sp³-hybridized carbons (Fsp3) is 0.375. The van der Waals surface area contributed by atoms with Crippen molar-refractivity contribution in [2.45, 2.75) is 12.8 Å². The summed E-state index contributed by atoms with van der Waals surface area (Å²) < 4.78 is 1.08. The highest BCUT2D eigenvalue weighted by Gasteiger charge is 2.18. The topological polar surface area (TPSA) is 29.1 Å². The number of fused-ring (bicyclic) bond motifs is 1. The van der Waals surface area contributed by atoms with E-state index in [1.807, 2.05) is 5.38 Å². The molecule has 0 atom stereocenters. The van der Waals surface area contributed by atoms with E-state index in [-0.39, 0.29) is 5.91 Å². The van der Waals surface area contributed by atoms with Crippen LogP contribution < -0.4 is 5.32 Å². The van der Waals surface area contributed by atoms with E-state index in [0.717, 1.165) is 28.7 Å². The minimum absolute atomic E-state index is 0.0817. The summed E-state index contributed by atoms with van der Waals surface area (Å²) in [6.45, 7) is 0.798. The fourth-order valence-corrected chi connectivity index (χ4v) is 3.04. The molecule has 4 heteroatoms. The van der Waals surface area contributed by atoms with E-state index in [0.29, 0.717) is 0 Å². The molecule has 1 aliphatic heterocycles. The van der Waals surface area contributed by atoms with Crippen LogP contribution in [-0.4, -0.2) is 12.5 Å². The Kier molecular flexibility index (Phi) is 2.19. The number of hydrogen-bond donors (Lipinski definition) is 1. The van der Waals surface area contributed by atoms with Crippen LogP contribution in [0.5, 0.6) is 0 Å². The van der Waals surface area contributed by atoms with Crippen LogP contribution in [0.2, 0.25) is 0 Å². The van der Waals surface area contributed by atoms with E-state index < -0.39 is 0 Å². The van der Waals surface area contributed by atoms with E-state index in [4.69, 9.17) is 0 Å². The van der Waals surface area contributed by atoms with Crippen LogP contribution in [0.15, 0.2) is 9.85 Å². The molecule has 1 N–H and O–H groups in total. The van der Waals surface area contributed by atoms with Crippen molar-refractivity contribution in [3.05, 3.63) is 20.3 Å². The minimum Gasteiger partial charge on any atom is -0.351 e. The Morgan fingerprint density at radius 1 is 1.58 bits per heavy atom. The molecule has 0 spiro atoms. The average Bonchev–Trinajstić information content (AvgIpc) is 2.30. The number of carbonyl (C=O) groups excluding carboxylic acids is 1. The lowest BCUT2D eigenvalue weighted by Crippen LogP contribution is -2.21. The first-order valence-corrected chi connectivity index (χ1v) is 5.50.